The molecule has 0 heterocycles. The van der Waals surface area contributed by atoms with Crippen molar-refractivity contribution in [3.05, 3.63) is 72.9 Å². The van der Waals surface area contributed by atoms with E-state index < -0.39 is 6.10 Å². The minimum atomic E-state index is -0.789. The van der Waals surface area contributed by atoms with Crippen molar-refractivity contribution in [2.75, 3.05) is 13.2 Å². The van der Waals surface area contributed by atoms with Gasteiger partial charge in [0.1, 0.15) is 13.2 Å². The zero-order valence-electron chi connectivity index (χ0n) is 44.2. The van der Waals surface area contributed by atoms with Crippen LogP contribution in [0.15, 0.2) is 72.9 Å². The zero-order chi connectivity index (χ0) is 48.6. The van der Waals surface area contributed by atoms with Gasteiger partial charge in [-0.2, -0.15) is 0 Å². The summed E-state index contributed by atoms with van der Waals surface area (Å²) in [6.07, 6.45) is 70.2. The van der Waals surface area contributed by atoms with E-state index in [1.807, 2.05) is 0 Å². The largest absolute Gasteiger partial charge is 0.462 e. The highest BCUT2D eigenvalue weighted by Gasteiger charge is 2.19. The molecule has 0 spiro atoms. The van der Waals surface area contributed by atoms with Crippen LogP contribution >= 0.6 is 0 Å². The van der Waals surface area contributed by atoms with Crippen molar-refractivity contribution in [2.45, 2.75) is 284 Å². The first kappa shape index (κ1) is 63.8. The third-order valence-corrected chi connectivity index (χ3v) is 12.2. The molecule has 0 N–H and O–H groups in total. The summed E-state index contributed by atoms with van der Waals surface area (Å²) >= 11 is 0. The van der Waals surface area contributed by atoms with Gasteiger partial charge in [0.15, 0.2) is 6.10 Å². The summed E-state index contributed by atoms with van der Waals surface area (Å²) < 4.78 is 16.8. The molecule has 0 unspecified atom stereocenters. The van der Waals surface area contributed by atoms with Crippen LogP contribution < -0.4 is 0 Å². The summed E-state index contributed by atoms with van der Waals surface area (Å²) in [5, 5.41) is 0. The average molecular weight is 936 g/mol. The molecule has 0 saturated heterocycles. The normalized spacial score (nSPS) is 12.6. The first-order valence-electron chi connectivity index (χ1n) is 28.4. The lowest BCUT2D eigenvalue weighted by Crippen LogP contribution is -2.30. The summed E-state index contributed by atoms with van der Waals surface area (Å²) in [6.45, 7) is 6.55. The number of rotatable bonds is 51. The third kappa shape index (κ3) is 53.7. The standard InChI is InChI=1S/C61H106O6/c1-4-7-10-13-16-19-22-25-28-30-33-36-39-42-45-48-51-54-60(63)66-57-58(56-65-59(62)53-50-47-44-41-38-35-32-27-24-21-18-15-12-9-6-3)67-61(64)55-52-49-46-43-40-37-34-31-29-26-23-20-17-14-11-8-5-2/h16-21,25-29,32,58H,4-15,22-24,30-31,33-57H2,1-3H3/b19-16-,20-17-,21-18-,28-25-,29-26-,32-27-/t58-/m0/s1. The van der Waals surface area contributed by atoms with Crippen LogP contribution in [-0.4, -0.2) is 37.2 Å². The second-order valence-corrected chi connectivity index (χ2v) is 18.8. The molecule has 0 aliphatic carbocycles. The molecule has 0 aliphatic rings. The smallest absolute Gasteiger partial charge is 0.306 e. The quantitative estimate of drug-likeness (QED) is 0.0262. The average Bonchev–Trinajstić information content (AvgIpc) is 3.33. The van der Waals surface area contributed by atoms with Gasteiger partial charge in [-0.1, -0.05) is 216 Å². The minimum Gasteiger partial charge on any atom is -0.462 e. The molecule has 6 heteroatoms. The molecular weight excluding hydrogens is 829 g/mol. The highest BCUT2D eigenvalue weighted by Crippen LogP contribution is 2.14. The molecule has 67 heavy (non-hydrogen) atoms. The Morgan fingerprint density at radius 1 is 0.299 bits per heavy atom. The first-order chi connectivity index (χ1) is 33.0. The lowest BCUT2D eigenvalue weighted by atomic mass is 10.1. The van der Waals surface area contributed by atoms with Crippen LogP contribution in [0.25, 0.3) is 0 Å². The maximum Gasteiger partial charge on any atom is 0.306 e. The van der Waals surface area contributed by atoms with Gasteiger partial charge in [-0.3, -0.25) is 14.4 Å². The molecule has 6 nitrogen and oxygen atoms in total. The maximum atomic E-state index is 12.9. The molecule has 0 fully saturated rings. The second kappa shape index (κ2) is 55.4. The van der Waals surface area contributed by atoms with Gasteiger partial charge in [-0.25, -0.2) is 0 Å². The zero-order valence-corrected chi connectivity index (χ0v) is 44.2. The van der Waals surface area contributed by atoms with Crippen LogP contribution in [0.2, 0.25) is 0 Å². The van der Waals surface area contributed by atoms with E-state index in [-0.39, 0.29) is 31.1 Å². The number of hydrogen-bond donors (Lipinski definition) is 0. The SMILES string of the molecule is CCCCC/C=C\C/C=C\CCCCCCCCCC(=O)OC[C@H](COC(=O)CCCCCCC/C=C\C/C=C\CCCCC)OC(=O)CCCCCCCCC/C=C\C/C=C\CCCCC. The van der Waals surface area contributed by atoms with Crippen LogP contribution in [0.5, 0.6) is 0 Å². The number of esters is 3. The molecule has 0 rings (SSSR count). The van der Waals surface area contributed by atoms with E-state index in [9.17, 15) is 14.4 Å². The Labute approximate surface area is 414 Å². The number of carbonyl (C=O) groups is 3. The van der Waals surface area contributed by atoms with Gasteiger partial charge in [-0.05, 0) is 116 Å². The van der Waals surface area contributed by atoms with Crippen LogP contribution in [0, 0.1) is 0 Å². The Bertz CT molecular complexity index is 1260. The van der Waals surface area contributed by atoms with Crippen LogP contribution in [0.3, 0.4) is 0 Å². The Hall–Kier alpha value is -3.15. The Kier molecular flexibility index (Phi) is 52.8. The summed E-state index contributed by atoms with van der Waals surface area (Å²) in [5.41, 5.74) is 0. The van der Waals surface area contributed by atoms with Gasteiger partial charge in [-0.15, -0.1) is 0 Å². The van der Waals surface area contributed by atoms with Crippen LogP contribution in [-0.2, 0) is 28.6 Å². The lowest BCUT2D eigenvalue weighted by molar-refractivity contribution is -0.167. The van der Waals surface area contributed by atoms with E-state index in [4.69, 9.17) is 14.2 Å². The fourth-order valence-electron chi connectivity index (χ4n) is 7.83. The van der Waals surface area contributed by atoms with Crippen molar-refractivity contribution >= 4 is 17.9 Å². The van der Waals surface area contributed by atoms with Crippen LogP contribution in [0.4, 0.5) is 0 Å². The molecule has 0 aromatic rings. The second-order valence-electron chi connectivity index (χ2n) is 18.8. The fourth-order valence-corrected chi connectivity index (χ4v) is 7.83. The molecule has 0 aromatic heterocycles. The van der Waals surface area contributed by atoms with Gasteiger partial charge in [0.25, 0.3) is 0 Å². The van der Waals surface area contributed by atoms with Crippen molar-refractivity contribution in [1.82, 2.24) is 0 Å². The monoisotopic (exact) mass is 935 g/mol. The fraction of sp³-hybridized carbons (Fsp3) is 0.754. The van der Waals surface area contributed by atoms with E-state index in [0.717, 1.165) is 103 Å². The Balaban J connectivity index is 4.43. The molecule has 0 radical (unpaired) electrons. The molecule has 0 amide bonds. The van der Waals surface area contributed by atoms with Crippen molar-refractivity contribution < 1.29 is 28.6 Å². The summed E-state index contributed by atoms with van der Waals surface area (Å²) in [6, 6.07) is 0. The van der Waals surface area contributed by atoms with Gasteiger partial charge >= 0.3 is 17.9 Å². The minimum absolute atomic E-state index is 0.0871. The van der Waals surface area contributed by atoms with E-state index in [1.54, 1.807) is 0 Å². The maximum absolute atomic E-state index is 12.9. The van der Waals surface area contributed by atoms with Gasteiger partial charge in [0.2, 0.25) is 0 Å². The number of ether oxygens (including phenoxy) is 3. The Morgan fingerprint density at radius 3 is 0.821 bits per heavy atom. The molecule has 0 aliphatic heterocycles. The predicted molar refractivity (Wildman–Crippen MR) is 288 cm³/mol. The summed E-state index contributed by atoms with van der Waals surface area (Å²) in [4.78, 5) is 38.1. The molecule has 0 saturated carbocycles. The van der Waals surface area contributed by atoms with Gasteiger partial charge in [0, 0.05) is 19.3 Å². The van der Waals surface area contributed by atoms with Crippen LogP contribution in [0.1, 0.15) is 278 Å². The van der Waals surface area contributed by atoms with E-state index in [1.165, 1.54) is 135 Å². The number of unbranched alkanes of at least 4 members (excludes halogenated alkanes) is 28. The Morgan fingerprint density at radius 2 is 0.537 bits per heavy atom. The summed E-state index contributed by atoms with van der Waals surface area (Å²) in [5.74, 6) is -0.909. The number of hydrogen-bond acceptors (Lipinski definition) is 6. The van der Waals surface area contributed by atoms with E-state index >= 15 is 0 Å². The molecule has 1 atom stereocenters. The van der Waals surface area contributed by atoms with Gasteiger partial charge < -0.3 is 14.2 Å². The molecular formula is C61H106O6. The highest BCUT2D eigenvalue weighted by molar-refractivity contribution is 5.71. The number of allylic oxidation sites excluding steroid dienone is 12. The van der Waals surface area contributed by atoms with Crippen molar-refractivity contribution in [2.24, 2.45) is 0 Å². The first-order valence-corrected chi connectivity index (χ1v) is 28.4. The van der Waals surface area contributed by atoms with Crippen molar-refractivity contribution in [3.63, 3.8) is 0 Å². The summed E-state index contributed by atoms with van der Waals surface area (Å²) in [7, 11) is 0. The molecule has 386 valence electrons. The third-order valence-electron chi connectivity index (χ3n) is 12.2. The topological polar surface area (TPSA) is 78.9 Å². The van der Waals surface area contributed by atoms with Crippen molar-refractivity contribution in [3.8, 4) is 0 Å². The lowest BCUT2D eigenvalue weighted by Gasteiger charge is -2.18. The van der Waals surface area contributed by atoms with E-state index in [0.29, 0.717) is 19.3 Å². The molecule has 0 aromatic carbocycles. The number of carbonyl (C=O) groups excluding carboxylic acids is 3. The van der Waals surface area contributed by atoms with Gasteiger partial charge in [0.05, 0.1) is 0 Å². The van der Waals surface area contributed by atoms with Crippen molar-refractivity contribution in [1.29, 1.82) is 0 Å². The van der Waals surface area contributed by atoms with E-state index in [2.05, 4.69) is 93.7 Å². The predicted octanol–water partition coefficient (Wildman–Crippen LogP) is 19.0. The molecule has 0 bridgehead atoms. The highest BCUT2D eigenvalue weighted by atomic mass is 16.6.